The minimum atomic E-state index is 1.25. The van der Waals surface area contributed by atoms with E-state index in [9.17, 15) is 0 Å². The zero-order valence-corrected chi connectivity index (χ0v) is 12.8. The molecule has 4 aromatic carbocycles. The van der Waals surface area contributed by atoms with E-state index in [4.69, 9.17) is 0 Å². The van der Waals surface area contributed by atoms with Crippen LogP contribution in [0.5, 0.6) is 0 Å². The van der Waals surface area contributed by atoms with Gasteiger partial charge in [0.2, 0.25) is 0 Å². The summed E-state index contributed by atoms with van der Waals surface area (Å²) in [6.45, 7) is 2.50. The van der Waals surface area contributed by atoms with E-state index in [1.807, 2.05) is 0 Å². The molecule has 0 atom stereocenters. The zero-order valence-electron chi connectivity index (χ0n) is 12.8. The summed E-state index contributed by atoms with van der Waals surface area (Å²) in [7, 11) is 0. The fraction of sp³-hybridized carbons (Fsp3) is 0.238. The van der Waals surface area contributed by atoms with Crippen LogP contribution in [0.15, 0.2) is 60.7 Å². The standard InChI is InChI=1S/C16H10.C5H11N/c1-3-11-7-9-13-5-2-6-14-10-8-12(4-1)15(11)16(13)14;1-2-4-6-5-3-1/h1-10H;6H,1-5H2. The molecule has 0 aliphatic carbocycles. The molecule has 1 heterocycles. The molecule has 1 aliphatic heterocycles. The largest absolute Gasteiger partial charge is 0.317 e. The molecule has 0 bridgehead atoms. The Bertz CT molecular complexity index is 749. The Morgan fingerprint density at radius 2 is 0.909 bits per heavy atom. The summed E-state index contributed by atoms with van der Waals surface area (Å²) in [5.74, 6) is 0. The van der Waals surface area contributed by atoms with Gasteiger partial charge in [0, 0.05) is 0 Å². The Kier molecular flexibility index (Phi) is 3.65. The maximum Gasteiger partial charge on any atom is -0.00268 e. The van der Waals surface area contributed by atoms with Gasteiger partial charge in [-0.15, -0.1) is 0 Å². The van der Waals surface area contributed by atoms with E-state index < -0.39 is 0 Å². The van der Waals surface area contributed by atoms with Gasteiger partial charge in [-0.3, -0.25) is 0 Å². The van der Waals surface area contributed by atoms with Crippen molar-refractivity contribution in [1.29, 1.82) is 0 Å². The van der Waals surface area contributed by atoms with Crippen LogP contribution < -0.4 is 5.32 Å². The highest BCUT2D eigenvalue weighted by Crippen LogP contribution is 2.33. The maximum atomic E-state index is 3.28. The number of hydrogen-bond acceptors (Lipinski definition) is 1. The van der Waals surface area contributed by atoms with E-state index in [1.165, 1.54) is 64.7 Å². The Balaban J connectivity index is 0.000000177. The molecule has 1 saturated heterocycles. The zero-order chi connectivity index (χ0) is 14.8. The number of nitrogens with one attached hydrogen (secondary N) is 1. The predicted molar refractivity (Wildman–Crippen MR) is 96.9 cm³/mol. The second kappa shape index (κ2) is 5.94. The van der Waals surface area contributed by atoms with Gasteiger partial charge in [0.1, 0.15) is 0 Å². The molecule has 0 aromatic heterocycles. The molecule has 0 saturated carbocycles. The highest BCUT2D eigenvalue weighted by atomic mass is 14.9. The van der Waals surface area contributed by atoms with Crippen LogP contribution in [0.3, 0.4) is 0 Å². The third kappa shape index (κ3) is 2.42. The number of rotatable bonds is 0. The highest BCUT2D eigenvalue weighted by molar-refractivity contribution is 6.22. The molecule has 5 rings (SSSR count). The van der Waals surface area contributed by atoms with Crippen molar-refractivity contribution in [3.05, 3.63) is 60.7 Å². The van der Waals surface area contributed by atoms with E-state index in [2.05, 4.69) is 66.0 Å². The van der Waals surface area contributed by atoms with Crippen molar-refractivity contribution in [3.63, 3.8) is 0 Å². The minimum absolute atomic E-state index is 1.25. The van der Waals surface area contributed by atoms with Crippen LogP contribution in [0.1, 0.15) is 19.3 Å². The van der Waals surface area contributed by atoms with Gasteiger partial charge in [-0.1, -0.05) is 67.1 Å². The minimum Gasteiger partial charge on any atom is -0.317 e. The van der Waals surface area contributed by atoms with E-state index >= 15 is 0 Å². The molecule has 110 valence electrons. The summed E-state index contributed by atoms with van der Waals surface area (Å²) in [5.41, 5.74) is 0. The molecule has 1 heteroatoms. The predicted octanol–water partition coefficient (Wildman–Crippen LogP) is 5.34. The molecule has 0 radical (unpaired) electrons. The molecule has 22 heavy (non-hydrogen) atoms. The SMILES string of the molecule is C1CCNCC1.c1cc2ccc3cccc4ccc(c1)c2c34. The highest BCUT2D eigenvalue weighted by Gasteiger charge is 2.05. The van der Waals surface area contributed by atoms with Crippen LogP contribution in [0.25, 0.3) is 32.3 Å². The normalized spacial score (nSPS) is 15.1. The van der Waals surface area contributed by atoms with Crippen molar-refractivity contribution in [1.82, 2.24) is 5.32 Å². The van der Waals surface area contributed by atoms with E-state index in [0.29, 0.717) is 0 Å². The molecule has 1 nitrogen and oxygen atoms in total. The summed E-state index contributed by atoms with van der Waals surface area (Å²) in [4.78, 5) is 0. The van der Waals surface area contributed by atoms with Crippen LogP contribution in [-0.2, 0) is 0 Å². The van der Waals surface area contributed by atoms with Crippen molar-refractivity contribution in [2.75, 3.05) is 13.1 Å². The topological polar surface area (TPSA) is 12.0 Å². The first-order chi connectivity index (χ1) is 10.9. The van der Waals surface area contributed by atoms with Crippen LogP contribution in [0.2, 0.25) is 0 Å². The van der Waals surface area contributed by atoms with Gasteiger partial charge in [-0.05, 0) is 58.2 Å². The molecule has 0 amide bonds. The van der Waals surface area contributed by atoms with E-state index in [1.54, 1.807) is 0 Å². The van der Waals surface area contributed by atoms with Crippen molar-refractivity contribution in [2.24, 2.45) is 0 Å². The monoisotopic (exact) mass is 287 g/mol. The first kappa shape index (κ1) is 13.5. The number of benzene rings is 4. The third-order valence-corrected chi connectivity index (χ3v) is 4.60. The molecule has 4 aromatic rings. The van der Waals surface area contributed by atoms with Gasteiger partial charge in [-0.25, -0.2) is 0 Å². The van der Waals surface area contributed by atoms with Crippen molar-refractivity contribution < 1.29 is 0 Å². The van der Waals surface area contributed by atoms with E-state index in [-0.39, 0.29) is 0 Å². The summed E-state index contributed by atoms with van der Waals surface area (Å²) >= 11 is 0. The number of hydrogen-bond donors (Lipinski definition) is 1. The Morgan fingerprint density at radius 3 is 1.18 bits per heavy atom. The lowest BCUT2D eigenvalue weighted by Crippen LogP contribution is -2.21. The average Bonchev–Trinajstić information content (AvgIpc) is 2.62. The fourth-order valence-corrected chi connectivity index (χ4v) is 3.47. The average molecular weight is 287 g/mol. The van der Waals surface area contributed by atoms with Crippen molar-refractivity contribution in [2.45, 2.75) is 19.3 Å². The van der Waals surface area contributed by atoms with E-state index in [0.717, 1.165) is 0 Å². The van der Waals surface area contributed by atoms with Crippen LogP contribution in [-0.4, -0.2) is 13.1 Å². The van der Waals surface area contributed by atoms with Gasteiger partial charge in [0.15, 0.2) is 0 Å². The second-order valence-corrected chi connectivity index (χ2v) is 6.10. The van der Waals surface area contributed by atoms with Crippen LogP contribution in [0.4, 0.5) is 0 Å². The smallest absolute Gasteiger partial charge is 0.00268 e. The quantitative estimate of drug-likeness (QED) is 0.430. The van der Waals surface area contributed by atoms with Gasteiger partial charge in [0.25, 0.3) is 0 Å². The van der Waals surface area contributed by atoms with Gasteiger partial charge in [0.05, 0.1) is 0 Å². The lowest BCUT2D eigenvalue weighted by molar-refractivity contribution is 0.520. The summed E-state index contributed by atoms with van der Waals surface area (Å²) in [5, 5.41) is 11.4. The molecule has 1 fully saturated rings. The molecular weight excluding hydrogens is 266 g/mol. The number of piperidine rings is 1. The maximum absolute atomic E-state index is 3.28. The Labute approximate surface area is 131 Å². The molecule has 0 unspecified atom stereocenters. The Hall–Kier alpha value is -2.12. The fourth-order valence-electron chi connectivity index (χ4n) is 3.47. The van der Waals surface area contributed by atoms with Crippen molar-refractivity contribution >= 4 is 32.3 Å². The molecular formula is C21H21N. The Morgan fingerprint density at radius 1 is 0.500 bits per heavy atom. The molecule has 0 spiro atoms. The summed E-state index contributed by atoms with van der Waals surface area (Å²) < 4.78 is 0. The van der Waals surface area contributed by atoms with Crippen LogP contribution >= 0.6 is 0 Å². The van der Waals surface area contributed by atoms with Gasteiger partial charge in [-0.2, -0.15) is 0 Å². The summed E-state index contributed by atoms with van der Waals surface area (Å²) in [6, 6.07) is 21.9. The molecule has 1 aliphatic rings. The lowest BCUT2D eigenvalue weighted by atomic mass is 9.95. The molecule has 1 N–H and O–H groups in total. The third-order valence-electron chi connectivity index (χ3n) is 4.60. The second-order valence-electron chi connectivity index (χ2n) is 6.10. The lowest BCUT2D eigenvalue weighted by Gasteiger charge is -2.09. The first-order valence-corrected chi connectivity index (χ1v) is 8.27. The van der Waals surface area contributed by atoms with Gasteiger partial charge >= 0.3 is 0 Å². The van der Waals surface area contributed by atoms with Crippen molar-refractivity contribution in [3.8, 4) is 0 Å². The summed E-state index contributed by atoms with van der Waals surface area (Å²) in [6.07, 6.45) is 4.22. The van der Waals surface area contributed by atoms with Crippen LogP contribution in [0, 0.1) is 0 Å². The van der Waals surface area contributed by atoms with Gasteiger partial charge < -0.3 is 5.32 Å². The first-order valence-electron chi connectivity index (χ1n) is 8.27.